The summed E-state index contributed by atoms with van der Waals surface area (Å²) < 4.78 is 0. The molecule has 0 radical (unpaired) electrons. The Labute approximate surface area is 391 Å². The summed E-state index contributed by atoms with van der Waals surface area (Å²) in [5.41, 5.74) is 20.6. The first-order valence-corrected chi connectivity index (χ1v) is 23.8. The van der Waals surface area contributed by atoms with Gasteiger partial charge in [-0.1, -0.05) is 226 Å². The van der Waals surface area contributed by atoms with Gasteiger partial charge in [0.1, 0.15) is 0 Å². The molecule has 320 valence electrons. The third-order valence-corrected chi connectivity index (χ3v) is 14.1. The van der Waals surface area contributed by atoms with Crippen LogP contribution in [0.1, 0.15) is 68.2 Å². The quantitative estimate of drug-likeness (QED) is 0.133. The van der Waals surface area contributed by atoms with Crippen LogP contribution in [0.15, 0.2) is 235 Å². The van der Waals surface area contributed by atoms with E-state index in [4.69, 9.17) is 0 Å². The lowest BCUT2D eigenvalue weighted by Gasteiger charge is -2.35. The summed E-state index contributed by atoms with van der Waals surface area (Å²) in [6.07, 6.45) is 35.1. The van der Waals surface area contributed by atoms with Gasteiger partial charge in [0, 0.05) is 16.8 Å². The molecule has 1 unspecified atom stereocenters. The highest BCUT2D eigenvalue weighted by molar-refractivity contribution is 6.12. The lowest BCUT2D eigenvalue weighted by Crippen LogP contribution is -2.33. The fourth-order valence-electron chi connectivity index (χ4n) is 10.6. The van der Waals surface area contributed by atoms with Gasteiger partial charge in [-0.05, 0) is 139 Å². The van der Waals surface area contributed by atoms with Crippen LogP contribution < -0.4 is 4.90 Å². The zero-order valence-electron chi connectivity index (χ0n) is 38.0. The molecular weight excluding hydrogens is 795 g/mol. The number of allylic oxidation sites excluding steroid dienone is 11. The minimum Gasteiger partial charge on any atom is -0.335 e. The molecule has 7 aromatic carbocycles. The van der Waals surface area contributed by atoms with E-state index >= 15 is 0 Å². The molecule has 0 N–H and O–H groups in total. The van der Waals surface area contributed by atoms with Crippen LogP contribution in [0.4, 0.5) is 5.69 Å². The molecule has 66 heavy (non-hydrogen) atoms. The Morgan fingerprint density at radius 2 is 1.14 bits per heavy atom. The van der Waals surface area contributed by atoms with Crippen molar-refractivity contribution in [2.75, 3.05) is 4.90 Å². The largest absolute Gasteiger partial charge is 0.335 e. The van der Waals surface area contributed by atoms with Gasteiger partial charge in [0.25, 0.3) is 0 Å². The van der Waals surface area contributed by atoms with E-state index in [1.807, 2.05) is 0 Å². The van der Waals surface area contributed by atoms with Crippen molar-refractivity contribution in [1.82, 2.24) is 0 Å². The van der Waals surface area contributed by atoms with Gasteiger partial charge in [0.05, 0.1) is 6.04 Å². The van der Waals surface area contributed by atoms with E-state index in [1.165, 1.54) is 100 Å². The van der Waals surface area contributed by atoms with Crippen molar-refractivity contribution in [3.05, 3.63) is 258 Å². The molecule has 0 amide bonds. The first-order chi connectivity index (χ1) is 32.5. The molecule has 0 aliphatic heterocycles. The van der Waals surface area contributed by atoms with Gasteiger partial charge in [-0.15, -0.1) is 0 Å². The highest BCUT2D eigenvalue weighted by Gasteiger charge is 2.36. The number of hydrogen-bond donors (Lipinski definition) is 0. The Hall–Kier alpha value is -7.48. The van der Waals surface area contributed by atoms with E-state index in [1.54, 1.807) is 0 Å². The first-order valence-electron chi connectivity index (χ1n) is 23.8. The fraction of sp³-hybridized carbons (Fsp3) is 0.138. The summed E-state index contributed by atoms with van der Waals surface area (Å²) in [6, 6.07) is 56.5. The third-order valence-electron chi connectivity index (χ3n) is 14.1. The predicted molar refractivity (Wildman–Crippen MR) is 283 cm³/mol. The molecule has 4 aliphatic carbocycles. The Bertz CT molecular complexity index is 3170. The summed E-state index contributed by atoms with van der Waals surface area (Å²) in [6.45, 7) is 4.79. The molecule has 7 aromatic rings. The molecule has 0 fully saturated rings. The first kappa shape index (κ1) is 41.2. The zero-order valence-corrected chi connectivity index (χ0v) is 38.0. The number of fused-ring (bicyclic) bond motifs is 4. The van der Waals surface area contributed by atoms with Gasteiger partial charge in [0.15, 0.2) is 0 Å². The Morgan fingerprint density at radius 3 is 1.80 bits per heavy atom. The van der Waals surface area contributed by atoms with Gasteiger partial charge in [0.2, 0.25) is 0 Å². The second-order valence-corrected chi connectivity index (χ2v) is 18.6. The van der Waals surface area contributed by atoms with Crippen molar-refractivity contribution in [2.45, 2.75) is 57.4 Å². The van der Waals surface area contributed by atoms with Gasteiger partial charge < -0.3 is 4.90 Å². The molecule has 11 rings (SSSR count). The topological polar surface area (TPSA) is 3.24 Å². The molecule has 0 spiro atoms. The molecule has 1 atom stereocenters. The van der Waals surface area contributed by atoms with Crippen LogP contribution in [0.25, 0.3) is 67.4 Å². The van der Waals surface area contributed by atoms with Crippen molar-refractivity contribution in [3.8, 4) is 44.5 Å². The van der Waals surface area contributed by atoms with Gasteiger partial charge in [-0.25, -0.2) is 0 Å². The number of benzene rings is 7. The summed E-state index contributed by atoms with van der Waals surface area (Å²) in [4.78, 5) is 2.55. The van der Waals surface area contributed by atoms with E-state index < -0.39 is 0 Å². The molecule has 0 bridgehead atoms. The van der Waals surface area contributed by atoms with Crippen molar-refractivity contribution in [2.24, 2.45) is 0 Å². The number of anilines is 1. The van der Waals surface area contributed by atoms with Crippen LogP contribution in [0.3, 0.4) is 0 Å². The molecular formula is C65H55N. The SMILES string of the molecule is CC1(C)c2cc(/C=C/C3=CC=C(/C=C/c4ccc(-c5ccc(-c6ccccc6)c6c(-c7ccccc7)cccc56)cc4)CC3)ccc2-c2ccc(N(C3=CCCC=C3)C3C=CC=CC3)cc21. The van der Waals surface area contributed by atoms with Crippen LogP contribution in [-0.4, -0.2) is 6.04 Å². The van der Waals surface area contributed by atoms with Crippen LogP contribution >= 0.6 is 0 Å². The van der Waals surface area contributed by atoms with Crippen molar-refractivity contribution in [1.29, 1.82) is 0 Å². The summed E-state index contributed by atoms with van der Waals surface area (Å²) in [5, 5.41) is 2.56. The Kier molecular flexibility index (Phi) is 11.1. The van der Waals surface area contributed by atoms with Gasteiger partial charge >= 0.3 is 0 Å². The lowest BCUT2D eigenvalue weighted by molar-refractivity contribution is 0.659. The third kappa shape index (κ3) is 8.01. The highest BCUT2D eigenvalue weighted by atomic mass is 15.2. The zero-order chi connectivity index (χ0) is 44.5. The maximum Gasteiger partial charge on any atom is 0.0559 e. The van der Waals surface area contributed by atoms with Gasteiger partial charge in [-0.2, -0.15) is 0 Å². The van der Waals surface area contributed by atoms with Crippen molar-refractivity contribution < 1.29 is 0 Å². The van der Waals surface area contributed by atoms with Gasteiger partial charge in [-0.3, -0.25) is 0 Å². The minimum absolute atomic E-state index is 0.0984. The molecule has 0 saturated heterocycles. The van der Waals surface area contributed by atoms with Crippen LogP contribution in [0.5, 0.6) is 0 Å². The molecule has 1 nitrogen and oxygen atoms in total. The maximum atomic E-state index is 2.55. The van der Waals surface area contributed by atoms with Crippen molar-refractivity contribution >= 4 is 28.6 Å². The van der Waals surface area contributed by atoms with Crippen molar-refractivity contribution in [3.63, 3.8) is 0 Å². The summed E-state index contributed by atoms with van der Waals surface area (Å²) in [7, 11) is 0. The summed E-state index contributed by atoms with van der Waals surface area (Å²) in [5.74, 6) is 0. The van der Waals surface area contributed by atoms with E-state index in [2.05, 4.69) is 249 Å². The average Bonchev–Trinajstić information content (AvgIpc) is 3.60. The van der Waals surface area contributed by atoms with E-state index in [9.17, 15) is 0 Å². The molecule has 1 heteroatoms. The van der Waals surface area contributed by atoms with E-state index in [0.717, 1.165) is 32.1 Å². The van der Waals surface area contributed by atoms with Crippen LogP contribution in [0, 0.1) is 0 Å². The van der Waals surface area contributed by atoms with E-state index in [-0.39, 0.29) is 5.41 Å². The standard InChI is InChI=1S/C65H55N/c1-65(2)62-44-49(36-40-59(62)60-41-39-55(45-63(60)65)66(53-20-11-5-12-21-53)54-22-13-6-14-23-54)33-32-47-28-26-46(27-29-47)30-31-48-34-37-52(38-35-48)56-42-43-58(51-18-9-4-10-19-51)64-57(24-15-25-61(56)64)50-16-7-3-8-17-50/h3-5,7-13,15-20,22-26,28,30-45,53H,6,14,21,27,29H2,1-2H3/b31-30+,33-32+. The normalized spacial score (nSPS) is 17.2. The second-order valence-electron chi connectivity index (χ2n) is 18.6. The van der Waals surface area contributed by atoms with Crippen LogP contribution in [0.2, 0.25) is 0 Å². The fourth-order valence-corrected chi connectivity index (χ4v) is 10.6. The predicted octanol–water partition coefficient (Wildman–Crippen LogP) is 17.4. The molecule has 0 aromatic heterocycles. The minimum atomic E-state index is -0.0984. The molecule has 4 aliphatic rings. The number of rotatable bonds is 10. The number of hydrogen-bond acceptors (Lipinski definition) is 1. The Balaban J connectivity index is 0.791. The average molecular weight is 850 g/mol. The monoisotopic (exact) mass is 849 g/mol. The Morgan fingerprint density at radius 1 is 0.515 bits per heavy atom. The van der Waals surface area contributed by atoms with E-state index in [0.29, 0.717) is 6.04 Å². The maximum absolute atomic E-state index is 2.55. The number of nitrogens with zero attached hydrogens (tertiary/aromatic N) is 1. The molecule has 0 heterocycles. The van der Waals surface area contributed by atoms with Crippen LogP contribution in [-0.2, 0) is 5.41 Å². The summed E-state index contributed by atoms with van der Waals surface area (Å²) >= 11 is 0. The molecule has 0 saturated carbocycles. The smallest absolute Gasteiger partial charge is 0.0559 e. The lowest BCUT2D eigenvalue weighted by atomic mass is 9.81. The second kappa shape index (κ2) is 17.8. The highest BCUT2D eigenvalue weighted by Crippen LogP contribution is 2.51.